The summed E-state index contributed by atoms with van der Waals surface area (Å²) in [6, 6.07) is 10.7. The zero-order valence-corrected chi connectivity index (χ0v) is 14.7. The molecule has 4 rings (SSSR count). The molecule has 1 fully saturated rings. The van der Waals surface area contributed by atoms with E-state index >= 15 is 0 Å². The lowest BCUT2D eigenvalue weighted by molar-refractivity contribution is -0.0241. The summed E-state index contributed by atoms with van der Waals surface area (Å²) in [7, 11) is 0. The van der Waals surface area contributed by atoms with Crippen LogP contribution < -0.4 is 0 Å². The SMILES string of the molecule is O=C(O)c1cccc(CN2CCOCC2c2nc(-c3cccs3)no2)c1. The van der Waals surface area contributed by atoms with Crippen LogP contribution in [0.2, 0.25) is 0 Å². The van der Waals surface area contributed by atoms with E-state index in [0.29, 0.717) is 38.0 Å². The van der Waals surface area contributed by atoms with Crippen molar-refractivity contribution in [1.29, 1.82) is 0 Å². The number of thiophene rings is 1. The Kier molecular flexibility index (Phi) is 4.79. The number of hydrogen-bond donors (Lipinski definition) is 1. The Morgan fingerprint density at radius 3 is 3.08 bits per heavy atom. The van der Waals surface area contributed by atoms with Crippen LogP contribution in [0, 0.1) is 0 Å². The molecule has 7 nitrogen and oxygen atoms in total. The first kappa shape index (κ1) is 16.9. The van der Waals surface area contributed by atoms with Gasteiger partial charge in [-0.25, -0.2) is 4.79 Å². The van der Waals surface area contributed by atoms with E-state index in [2.05, 4.69) is 15.0 Å². The van der Waals surface area contributed by atoms with E-state index in [-0.39, 0.29) is 11.6 Å². The number of ether oxygens (including phenoxy) is 1. The lowest BCUT2D eigenvalue weighted by Gasteiger charge is -2.33. The van der Waals surface area contributed by atoms with Gasteiger partial charge in [0.2, 0.25) is 11.7 Å². The maximum absolute atomic E-state index is 11.2. The normalized spacial score (nSPS) is 18.1. The van der Waals surface area contributed by atoms with Gasteiger partial charge in [-0.15, -0.1) is 11.3 Å². The number of aromatic carboxylic acids is 1. The van der Waals surface area contributed by atoms with Crippen LogP contribution in [0.3, 0.4) is 0 Å². The Balaban J connectivity index is 1.55. The predicted molar refractivity (Wildman–Crippen MR) is 95.0 cm³/mol. The molecule has 0 saturated carbocycles. The zero-order chi connectivity index (χ0) is 17.9. The summed E-state index contributed by atoms with van der Waals surface area (Å²) < 4.78 is 11.1. The van der Waals surface area contributed by atoms with E-state index in [0.717, 1.165) is 10.4 Å². The van der Waals surface area contributed by atoms with E-state index in [1.165, 1.54) is 0 Å². The molecule has 0 aliphatic carbocycles. The zero-order valence-electron chi connectivity index (χ0n) is 13.9. The second-order valence-electron chi connectivity index (χ2n) is 6.00. The minimum absolute atomic E-state index is 0.154. The van der Waals surface area contributed by atoms with E-state index in [9.17, 15) is 9.90 Å². The Labute approximate surface area is 153 Å². The molecule has 0 spiro atoms. The molecule has 1 aliphatic rings. The van der Waals surface area contributed by atoms with Gasteiger partial charge >= 0.3 is 5.97 Å². The van der Waals surface area contributed by atoms with E-state index in [1.54, 1.807) is 29.5 Å². The van der Waals surface area contributed by atoms with E-state index in [4.69, 9.17) is 9.26 Å². The summed E-state index contributed by atoms with van der Waals surface area (Å²) in [5, 5.41) is 15.2. The molecule has 0 amide bonds. The lowest BCUT2D eigenvalue weighted by Crippen LogP contribution is -2.39. The smallest absolute Gasteiger partial charge is 0.335 e. The van der Waals surface area contributed by atoms with Gasteiger partial charge in [-0.2, -0.15) is 4.98 Å². The fourth-order valence-electron chi connectivity index (χ4n) is 2.97. The van der Waals surface area contributed by atoms with Crippen molar-refractivity contribution in [3.8, 4) is 10.7 Å². The number of rotatable bonds is 5. The van der Waals surface area contributed by atoms with Crippen molar-refractivity contribution in [1.82, 2.24) is 15.0 Å². The fourth-order valence-corrected chi connectivity index (χ4v) is 3.62. The Bertz CT molecular complexity index is 893. The van der Waals surface area contributed by atoms with Gasteiger partial charge < -0.3 is 14.4 Å². The second-order valence-corrected chi connectivity index (χ2v) is 6.95. The molecular weight excluding hydrogens is 354 g/mol. The van der Waals surface area contributed by atoms with Crippen molar-refractivity contribution in [2.45, 2.75) is 12.6 Å². The van der Waals surface area contributed by atoms with Gasteiger partial charge in [0.05, 0.1) is 23.7 Å². The molecule has 1 aliphatic heterocycles. The first-order valence-corrected chi connectivity index (χ1v) is 9.10. The van der Waals surface area contributed by atoms with Crippen LogP contribution in [0.1, 0.15) is 27.9 Å². The van der Waals surface area contributed by atoms with Crippen molar-refractivity contribution in [3.63, 3.8) is 0 Å². The van der Waals surface area contributed by atoms with Crippen molar-refractivity contribution in [3.05, 3.63) is 58.8 Å². The first-order valence-electron chi connectivity index (χ1n) is 8.22. The van der Waals surface area contributed by atoms with Crippen molar-refractivity contribution in [2.24, 2.45) is 0 Å². The topological polar surface area (TPSA) is 88.7 Å². The van der Waals surface area contributed by atoms with E-state index in [1.807, 2.05) is 23.6 Å². The van der Waals surface area contributed by atoms with Crippen LogP contribution in [-0.4, -0.2) is 45.9 Å². The van der Waals surface area contributed by atoms with Gasteiger partial charge in [0.15, 0.2) is 0 Å². The molecule has 1 atom stereocenters. The Hall–Kier alpha value is -2.55. The molecule has 1 aromatic carbocycles. The van der Waals surface area contributed by atoms with Gasteiger partial charge in [-0.3, -0.25) is 4.90 Å². The second kappa shape index (κ2) is 7.36. The Morgan fingerprint density at radius 1 is 1.35 bits per heavy atom. The standard InChI is InChI=1S/C18H17N3O4S/c22-18(23)13-4-1-3-12(9-13)10-21-6-7-24-11-14(21)17-19-16(20-25-17)15-5-2-8-26-15/h1-5,8-9,14H,6-7,10-11H2,(H,22,23). The minimum Gasteiger partial charge on any atom is -0.478 e. The number of nitrogens with zero attached hydrogens (tertiary/aromatic N) is 3. The summed E-state index contributed by atoms with van der Waals surface area (Å²) in [5.41, 5.74) is 1.21. The molecule has 26 heavy (non-hydrogen) atoms. The molecular formula is C18H17N3O4S. The molecule has 134 valence electrons. The van der Waals surface area contributed by atoms with Crippen LogP contribution in [0.4, 0.5) is 0 Å². The number of aromatic nitrogens is 2. The number of benzene rings is 1. The van der Waals surface area contributed by atoms with Crippen molar-refractivity contribution < 1.29 is 19.2 Å². The predicted octanol–water partition coefficient (Wildman–Crippen LogP) is 3.07. The molecule has 3 aromatic rings. The summed E-state index contributed by atoms with van der Waals surface area (Å²) >= 11 is 1.56. The van der Waals surface area contributed by atoms with Crippen molar-refractivity contribution in [2.75, 3.05) is 19.8 Å². The van der Waals surface area contributed by atoms with Gasteiger partial charge in [0.1, 0.15) is 6.04 Å². The highest BCUT2D eigenvalue weighted by Crippen LogP contribution is 2.28. The van der Waals surface area contributed by atoms with Gasteiger partial charge in [0.25, 0.3) is 0 Å². The highest BCUT2D eigenvalue weighted by molar-refractivity contribution is 7.13. The largest absolute Gasteiger partial charge is 0.478 e. The summed E-state index contributed by atoms with van der Waals surface area (Å²) in [5.74, 6) is 0.166. The number of morpholine rings is 1. The number of hydrogen-bond acceptors (Lipinski definition) is 7. The first-order chi connectivity index (χ1) is 12.7. The molecule has 1 N–H and O–H groups in total. The van der Waals surface area contributed by atoms with Gasteiger partial charge in [0, 0.05) is 13.1 Å². The highest BCUT2D eigenvalue weighted by atomic mass is 32.1. The molecule has 1 saturated heterocycles. The highest BCUT2D eigenvalue weighted by Gasteiger charge is 2.30. The van der Waals surface area contributed by atoms with Crippen LogP contribution in [0.5, 0.6) is 0 Å². The lowest BCUT2D eigenvalue weighted by atomic mass is 10.1. The Morgan fingerprint density at radius 2 is 2.27 bits per heavy atom. The summed E-state index contributed by atoms with van der Waals surface area (Å²) in [4.78, 5) is 18.8. The number of carbonyl (C=O) groups is 1. The third-order valence-electron chi connectivity index (χ3n) is 4.27. The van der Waals surface area contributed by atoms with Crippen LogP contribution in [0.15, 0.2) is 46.3 Å². The van der Waals surface area contributed by atoms with Crippen LogP contribution in [0.25, 0.3) is 10.7 Å². The third-order valence-corrected chi connectivity index (χ3v) is 5.13. The fraction of sp³-hybridized carbons (Fsp3) is 0.278. The van der Waals surface area contributed by atoms with Gasteiger partial charge in [-0.05, 0) is 29.1 Å². The quantitative estimate of drug-likeness (QED) is 0.737. The third kappa shape index (κ3) is 3.52. The minimum atomic E-state index is -0.928. The molecule has 3 heterocycles. The summed E-state index contributed by atoms with van der Waals surface area (Å²) in [6.45, 7) is 2.37. The maximum atomic E-state index is 11.2. The van der Waals surface area contributed by atoms with Crippen LogP contribution in [-0.2, 0) is 11.3 Å². The molecule has 0 radical (unpaired) electrons. The molecule has 2 aromatic heterocycles. The number of carboxylic acid groups (broad SMARTS) is 1. The number of carboxylic acids is 1. The average molecular weight is 371 g/mol. The van der Waals surface area contributed by atoms with Crippen LogP contribution >= 0.6 is 11.3 Å². The average Bonchev–Trinajstić information content (AvgIpc) is 3.34. The molecule has 0 bridgehead atoms. The summed E-state index contributed by atoms with van der Waals surface area (Å²) in [6.07, 6.45) is 0. The monoisotopic (exact) mass is 371 g/mol. The molecule has 1 unspecified atom stereocenters. The molecule has 8 heteroatoms. The van der Waals surface area contributed by atoms with Crippen molar-refractivity contribution >= 4 is 17.3 Å². The maximum Gasteiger partial charge on any atom is 0.335 e. The van der Waals surface area contributed by atoms with E-state index < -0.39 is 5.97 Å². The van der Waals surface area contributed by atoms with Gasteiger partial charge in [-0.1, -0.05) is 23.4 Å².